The van der Waals surface area contributed by atoms with Crippen LogP contribution in [0.2, 0.25) is 0 Å². The minimum Gasteiger partial charge on any atom is -0.444 e. The number of carbonyl (C=O) groups excluding carboxylic acids is 1. The molecule has 1 saturated heterocycles. The molecule has 0 unspecified atom stereocenters. The van der Waals surface area contributed by atoms with E-state index in [9.17, 15) is 4.79 Å². The van der Waals surface area contributed by atoms with E-state index in [0.717, 1.165) is 25.9 Å². The van der Waals surface area contributed by atoms with E-state index in [0.29, 0.717) is 5.92 Å². The summed E-state index contributed by atoms with van der Waals surface area (Å²) in [7, 11) is 0. The van der Waals surface area contributed by atoms with Gasteiger partial charge in [0.15, 0.2) is 0 Å². The molecule has 0 aromatic heterocycles. The Bertz CT molecular complexity index is 496. The van der Waals surface area contributed by atoms with E-state index in [1.807, 2.05) is 39.0 Å². The SMILES string of the molecule is C[C@H]1CNC[C@@](Cc2ccccc2)(NC(=O)OC(C)(C)C)C1. The van der Waals surface area contributed by atoms with Crippen LogP contribution in [-0.4, -0.2) is 30.3 Å². The van der Waals surface area contributed by atoms with Gasteiger partial charge in [0.1, 0.15) is 5.60 Å². The van der Waals surface area contributed by atoms with E-state index in [4.69, 9.17) is 4.74 Å². The van der Waals surface area contributed by atoms with Crippen molar-refractivity contribution in [1.82, 2.24) is 10.6 Å². The van der Waals surface area contributed by atoms with Gasteiger partial charge < -0.3 is 15.4 Å². The number of rotatable bonds is 3. The Morgan fingerprint density at radius 1 is 1.36 bits per heavy atom. The third kappa shape index (κ3) is 5.02. The zero-order chi connectivity index (χ0) is 16.2. The Morgan fingerprint density at radius 2 is 2.05 bits per heavy atom. The van der Waals surface area contributed by atoms with Crippen molar-refractivity contribution >= 4 is 6.09 Å². The smallest absolute Gasteiger partial charge is 0.408 e. The fourth-order valence-electron chi connectivity index (χ4n) is 3.15. The highest BCUT2D eigenvalue weighted by Crippen LogP contribution is 2.25. The summed E-state index contributed by atoms with van der Waals surface area (Å²) < 4.78 is 5.46. The highest BCUT2D eigenvalue weighted by molar-refractivity contribution is 5.69. The van der Waals surface area contributed by atoms with Gasteiger partial charge in [-0.25, -0.2) is 4.79 Å². The Morgan fingerprint density at radius 3 is 2.64 bits per heavy atom. The molecule has 1 fully saturated rings. The van der Waals surface area contributed by atoms with Crippen LogP contribution in [0.3, 0.4) is 0 Å². The first kappa shape index (κ1) is 16.8. The molecule has 22 heavy (non-hydrogen) atoms. The number of benzene rings is 1. The molecule has 1 aromatic carbocycles. The molecule has 4 nitrogen and oxygen atoms in total. The van der Waals surface area contributed by atoms with Crippen molar-refractivity contribution in [3.8, 4) is 0 Å². The van der Waals surface area contributed by atoms with Gasteiger partial charge in [-0.1, -0.05) is 37.3 Å². The van der Waals surface area contributed by atoms with Crippen LogP contribution in [0.15, 0.2) is 30.3 Å². The van der Waals surface area contributed by atoms with Crippen LogP contribution in [0.1, 0.15) is 39.7 Å². The monoisotopic (exact) mass is 304 g/mol. The fourth-order valence-corrected chi connectivity index (χ4v) is 3.15. The standard InChI is InChI=1S/C18H28N2O2/c1-14-10-18(13-19-12-14,11-15-8-6-5-7-9-15)20-16(21)22-17(2,3)4/h5-9,14,19H,10-13H2,1-4H3,(H,20,21)/t14-,18-/m1/s1. The topological polar surface area (TPSA) is 50.4 Å². The minimum atomic E-state index is -0.480. The summed E-state index contributed by atoms with van der Waals surface area (Å²) in [6.07, 6.45) is 1.43. The number of ether oxygens (including phenoxy) is 1. The second-order valence-electron chi connectivity index (χ2n) is 7.51. The molecule has 2 rings (SSSR count). The van der Waals surface area contributed by atoms with Crippen LogP contribution in [0, 0.1) is 5.92 Å². The lowest BCUT2D eigenvalue weighted by Gasteiger charge is -2.41. The Hall–Kier alpha value is -1.55. The maximum atomic E-state index is 12.3. The average Bonchev–Trinajstić information content (AvgIpc) is 2.36. The summed E-state index contributed by atoms with van der Waals surface area (Å²) in [4.78, 5) is 12.3. The van der Waals surface area contributed by atoms with E-state index in [1.54, 1.807) is 0 Å². The molecule has 1 amide bonds. The zero-order valence-corrected chi connectivity index (χ0v) is 14.1. The highest BCUT2D eigenvalue weighted by atomic mass is 16.6. The lowest BCUT2D eigenvalue weighted by atomic mass is 9.80. The van der Waals surface area contributed by atoms with Crippen molar-refractivity contribution in [2.24, 2.45) is 5.92 Å². The molecule has 1 aliphatic heterocycles. The predicted molar refractivity (Wildman–Crippen MR) is 88.9 cm³/mol. The highest BCUT2D eigenvalue weighted by Gasteiger charge is 2.37. The van der Waals surface area contributed by atoms with Crippen molar-refractivity contribution in [3.63, 3.8) is 0 Å². The lowest BCUT2D eigenvalue weighted by Crippen LogP contribution is -2.61. The maximum absolute atomic E-state index is 12.3. The van der Waals surface area contributed by atoms with Gasteiger partial charge in [0.05, 0.1) is 5.54 Å². The largest absolute Gasteiger partial charge is 0.444 e. The molecule has 1 aromatic rings. The quantitative estimate of drug-likeness (QED) is 0.902. The molecule has 0 bridgehead atoms. The first-order valence-corrected chi connectivity index (χ1v) is 8.04. The summed E-state index contributed by atoms with van der Waals surface area (Å²) >= 11 is 0. The van der Waals surface area contributed by atoms with Gasteiger partial charge in [0.2, 0.25) is 0 Å². The third-order valence-corrected chi connectivity index (χ3v) is 3.85. The Kier molecular flexibility index (Phi) is 5.12. The predicted octanol–water partition coefficient (Wildman–Crippen LogP) is 3.12. The number of amides is 1. The molecule has 0 spiro atoms. The number of hydrogen-bond donors (Lipinski definition) is 2. The van der Waals surface area contributed by atoms with Crippen LogP contribution in [0.4, 0.5) is 4.79 Å². The fraction of sp³-hybridized carbons (Fsp3) is 0.611. The van der Waals surface area contributed by atoms with Gasteiger partial charge in [0.25, 0.3) is 0 Å². The van der Waals surface area contributed by atoms with E-state index < -0.39 is 5.60 Å². The van der Waals surface area contributed by atoms with E-state index >= 15 is 0 Å². The lowest BCUT2D eigenvalue weighted by molar-refractivity contribution is 0.0418. The third-order valence-electron chi connectivity index (χ3n) is 3.85. The van der Waals surface area contributed by atoms with Crippen LogP contribution in [-0.2, 0) is 11.2 Å². The molecule has 1 heterocycles. The average molecular weight is 304 g/mol. The first-order chi connectivity index (χ1) is 10.3. The van der Waals surface area contributed by atoms with E-state index in [2.05, 4.69) is 29.7 Å². The molecule has 0 radical (unpaired) electrons. The molecule has 1 aliphatic rings. The summed E-state index contributed by atoms with van der Waals surface area (Å²) in [5.74, 6) is 0.521. The van der Waals surface area contributed by atoms with Crippen LogP contribution >= 0.6 is 0 Å². The normalized spacial score (nSPS) is 25.5. The molecule has 2 N–H and O–H groups in total. The van der Waals surface area contributed by atoms with Crippen molar-refractivity contribution in [2.45, 2.75) is 51.7 Å². The van der Waals surface area contributed by atoms with Crippen molar-refractivity contribution < 1.29 is 9.53 Å². The van der Waals surface area contributed by atoms with Gasteiger partial charge >= 0.3 is 6.09 Å². The molecule has 0 saturated carbocycles. The summed E-state index contributed by atoms with van der Waals surface area (Å²) in [5, 5.41) is 6.59. The second-order valence-corrected chi connectivity index (χ2v) is 7.51. The molecule has 0 aliphatic carbocycles. The van der Waals surface area contributed by atoms with Crippen molar-refractivity contribution in [1.29, 1.82) is 0 Å². The van der Waals surface area contributed by atoms with Crippen LogP contribution < -0.4 is 10.6 Å². The Labute approximate surface area is 133 Å². The Balaban J connectivity index is 2.13. The minimum absolute atomic E-state index is 0.290. The number of alkyl carbamates (subject to hydrolysis) is 1. The first-order valence-electron chi connectivity index (χ1n) is 8.04. The number of hydrogen-bond acceptors (Lipinski definition) is 3. The molecular weight excluding hydrogens is 276 g/mol. The number of piperidine rings is 1. The van der Waals surface area contributed by atoms with Crippen LogP contribution in [0.5, 0.6) is 0 Å². The van der Waals surface area contributed by atoms with Gasteiger partial charge in [-0.3, -0.25) is 0 Å². The molecule has 4 heteroatoms. The summed E-state index contributed by atoms with van der Waals surface area (Å²) in [5.41, 5.74) is 0.460. The molecule has 122 valence electrons. The van der Waals surface area contributed by atoms with E-state index in [1.165, 1.54) is 5.56 Å². The van der Waals surface area contributed by atoms with Gasteiger partial charge in [-0.2, -0.15) is 0 Å². The second kappa shape index (κ2) is 6.69. The van der Waals surface area contributed by atoms with Gasteiger partial charge in [0, 0.05) is 6.54 Å². The summed E-state index contributed by atoms with van der Waals surface area (Å²) in [6, 6.07) is 10.3. The molecule has 2 atom stereocenters. The number of nitrogens with one attached hydrogen (secondary N) is 2. The van der Waals surface area contributed by atoms with Crippen molar-refractivity contribution in [2.75, 3.05) is 13.1 Å². The maximum Gasteiger partial charge on any atom is 0.408 e. The zero-order valence-electron chi connectivity index (χ0n) is 14.1. The van der Waals surface area contributed by atoms with Crippen molar-refractivity contribution in [3.05, 3.63) is 35.9 Å². The molecular formula is C18H28N2O2. The number of carbonyl (C=O) groups is 1. The van der Waals surface area contributed by atoms with Crippen LogP contribution in [0.25, 0.3) is 0 Å². The van der Waals surface area contributed by atoms with E-state index in [-0.39, 0.29) is 11.6 Å². The van der Waals surface area contributed by atoms with Gasteiger partial charge in [-0.15, -0.1) is 0 Å². The van der Waals surface area contributed by atoms with Gasteiger partial charge in [-0.05, 0) is 51.6 Å². The summed E-state index contributed by atoms with van der Waals surface area (Å²) in [6.45, 7) is 9.63.